The number of nitrogens with zero attached hydrogens (tertiary/aromatic N) is 1. The van der Waals surface area contributed by atoms with Gasteiger partial charge in [0.25, 0.3) is 5.91 Å². The number of rotatable bonds is 8. The summed E-state index contributed by atoms with van der Waals surface area (Å²) >= 11 is 1.09. The number of nitrogens with two attached hydrogens (primary N) is 1. The number of nitrogens with one attached hydrogen (secondary N) is 2. The molecule has 28 heavy (non-hydrogen) atoms. The summed E-state index contributed by atoms with van der Waals surface area (Å²) in [6, 6.07) is 1.49. The van der Waals surface area contributed by atoms with Crippen molar-refractivity contribution in [3.8, 4) is 0 Å². The fourth-order valence-corrected chi connectivity index (χ4v) is 3.49. The normalized spacial score (nSPS) is 17.8. The average molecular weight is 420 g/mol. The molecule has 2 atom stereocenters. The molecule has 1 aromatic heterocycles. The standard InChI is InChI=1S/C15H18N4O7S.Na/c1-25-19-10(8-3-2-4-26-8)12(20)17-11(15(23)24)13-18-9(14(21)22)7(5-16)6-27-13;/h2-4,11,13,18H,5-6,16H2,1H3,(H,17,20)(H,21,22)(H,23,24);/q;+1/p-1/b19-10-;/t11-,13+;/m1./s1. The van der Waals surface area contributed by atoms with Crippen molar-refractivity contribution in [2.24, 2.45) is 10.9 Å². The number of carbonyl (C=O) groups is 3. The van der Waals surface area contributed by atoms with E-state index in [1.54, 1.807) is 0 Å². The number of amides is 1. The van der Waals surface area contributed by atoms with Crippen LogP contribution in [-0.2, 0) is 19.2 Å². The molecule has 1 aliphatic heterocycles. The van der Waals surface area contributed by atoms with Crippen LogP contribution in [0, 0.1) is 0 Å². The first kappa shape index (κ1) is 24.0. The Morgan fingerprint density at radius 1 is 1.57 bits per heavy atom. The largest absolute Gasteiger partial charge is 1.00 e. The second-order valence-electron chi connectivity index (χ2n) is 5.24. The van der Waals surface area contributed by atoms with E-state index in [9.17, 15) is 24.6 Å². The van der Waals surface area contributed by atoms with Crippen molar-refractivity contribution in [2.75, 3.05) is 19.4 Å². The predicted octanol–water partition coefficient (Wildman–Crippen LogP) is -5.17. The summed E-state index contributed by atoms with van der Waals surface area (Å²) in [6.07, 6.45) is 1.31. The third-order valence-corrected chi connectivity index (χ3v) is 4.80. The van der Waals surface area contributed by atoms with E-state index >= 15 is 0 Å². The molecule has 5 N–H and O–H groups in total. The molecule has 1 aliphatic rings. The van der Waals surface area contributed by atoms with Gasteiger partial charge in [0.15, 0.2) is 11.8 Å². The van der Waals surface area contributed by atoms with Crippen molar-refractivity contribution in [3.05, 3.63) is 35.4 Å². The molecule has 13 heteroatoms. The van der Waals surface area contributed by atoms with Gasteiger partial charge in [0, 0.05) is 12.3 Å². The maximum Gasteiger partial charge on any atom is 1.00 e. The Bertz CT molecular complexity index is 781. The topological polar surface area (TPSA) is 179 Å². The van der Waals surface area contributed by atoms with Crippen LogP contribution in [-0.4, -0.2) is 59.5 Å². The van der Waals surface area contributed by atoms with Gasteiger partial charge >= 0.3 is 35.5 Å². The van der Waals surface area contributed by atoms with E-state index in [0.717, 1.165) is 11.8 Å². The monoisotopic (exact) mass is 420 g/mol. The van der Waals surface area contributed by atoms with E-state index < -0.39 is 29.3 Å². The van der Waals surface area contributed by atoms with Crippen LogP contribution in [0.25, 0.3) is 0 Å². The zero-order chi connectivity index (χ0) is 20.0. The predicted molar refractivity (Wildman–Crippen MR) is 92.3 cm³/mol. The number of furan rings is 1. The molecule has 11 nitrogen and oxygen atoms in total. The Morgan fingerprint density at radius 3 is 2.79 bits per heavy atom. The summed E-state index contributed by atoms with van der Waals surface area (Å²) in [7, 11) is 1.22. The van der Waals surface area contributed by atoms with Gasteiger partial charge in [-0.3, -0.25) is 4.79 Å². The molecular weight excluding hydrogens is 403 g/mol. The van der Waals surface area contributed by atoms with Crippen LogP contribution in [0.2, 0.25) is 0 Å². The van der Waals surface area contributed by atoms with Crippen LogP contribution >= 0.6 is 11.8 Å². The number of thioether (sulfide) groups is 1. The van der Waals surface area contributed by atoms with Gasteiger partial charge in [0.05, 0.1) is 17.9 Å². The molecule has 2 heterocycles. The summed E-state index contributed by atoms with van der Waals surface area (Å²) in [4.78, 5) is 40.0. The quantitative estimate of drug-likeness (QED) is 0.180. The minimum Gasteiger partial charge on any atom is -0.543 e. The molecule has 0 aliphatic carbocycles. The number of hydrogen-bond donors (Lipinski definition) is 4. The minimum atomic E-state index is -1.51. The van der Waals surface area contributed by atoms with Crippen LogP contribution < -0.4 is 51.0 Å². The number of carboxylic acids is 2. The van der Waals surface area contributed by atoms with E-state index in [2.05, 4.69) is 20.6 Å². The van der Waals surface area contributed by atoms with Gasteiger partial charge < -0.3 is 40.6 Å². The summed E-state index contributed by atoms with van der Waals surface area (Å²) in [5.74, 6) is -3.51. The van der Waals surface area contributed by atoms with Crippen LogP contribution in [0.5, 0.6) is 0 Å². The molecule has 0 saturated heterocycles. The first-order valence-electron chi connectivity index (χ1n) is 7.59. The Labute approximate surface area is 186 Å². The number of hydrogen-bond acceptors (Lipinski definition) is 10. The van der Waals surface area contributed by atoms with Crippen molar-refractivity contribution in [3.63, 3.8) is 0 Å². The Morgan fingerprint density at radius 2 is 2.29 bits per heavy atom. The first-order valence-corrected chi connectivity index (χ1v) is 8.64. The van der Waals surface area contributed by atoms with Crippen molar-refractivity contribution in [1.29, 1.82) is 0 Å². The molecule has 1 amide bonds. The summed E-state index contributed by atoms with van der Waals surface area (Å²) in [6.45, 7) is -0.0245. The zero-order valence-corrected chi connectivity index (χ0v) is 17.9. The fraction of sp³-hybridized carbons (Fsp3) is 0.333. The molecule has 0 radical (unpaired) electrons. The Hall–Kier alpha value is -1.99. The molecule has 146 valence electrons. The molecule has 0 spiro atoms. The smallest absolute Gasteiger partial charge is 0.543 e. The summed E-state index contributed by atoms with van der Waals surface area (Å²) in [5.41, 5.74) is 5.32. The number of carboxylic acid groups (broad SMARTS) is 2. The van der Waals surface area contributed by atoms with E-state index in [1.807, 2.05) is 0 Å². The summed E-state index contributed by atoms with van der Waals surface area (Å²) in [5, 5.41) is 28.2. The maximum atomic E-state index is 12.5. The molecule has 0 saturated carbocycles. The third-order valence-electron chi connectivity index (χ3n) is 3.54. The average Bonchev–Trinajstić information content (AvgIpc) is 3.17. The van der Waals surface area contributed by atoms with E-state index in [-0.39, 0.29) is 59.0 Å². The van der Waals surface area contributed by atoms with Crippen molar-refractivity contribution < 1.29 is 63.4 Å². The van der Waals surface area contributed by atoms with Crippen LogP contribution in [0.4, 0.5) is 0 Å². The maximum absolute atomic E-state index is 12.5. The summed E-state index contributed by atoms with van der Waals surface area (Å²) < 4.78 is 5.09. The minimum absolute atomic E-state index is 0. The van der Waals surface area contributed by atoms with Gasteiger partial charge in [-0.2, -0.15) is 0 Å². The van der Waals surface area contributed by atoms with Crippen molar-refractivity contribution >= 4 is 35.3 Å². The van der Waals surface area contributed by atoms with Crippen LogP contribution in [0.15, 0.2) is 39.2 Å². The third kappa shape index (κ3) is 5.75. The molecule has 0 aromatic carbocycles. The molecule has 2 rings (SSSR count). The first-order chi connectivity index (χ1) is 12.9. The second kappa shape index (κ2) is 11.1. The molecule has 0 unspecified atom stereocenters. The SMILES string of the molecule is CO/N=C(\C(=O)N[C@@H](C(=O)O)[C@H]1NC(C(=O)[O-])=C(CN)CS1)c1ccco1.[Na+]. The molecular formula is C15H17N4NaO7S. The molecule has 0 bridgehead atoms. The van der Waals surface area contributed by atoms with Gasteiger partial charge in [-0.1, -0.05) is 5.16 Å². The molecule has 0 fully saturated rings. The van der Waals surface area contributed by atoms with Crippen molar-refractivity contribution in [2.45, 2.75) is 11.4 Å². The zero-order valence-electron chi connectivity index (χ0n) is 15.1. The molecule has 1 aromatic rings. The fourth-order valence-electron chi connectivity index (χ4n) is 2.27. The number of oxime groups is 1. The van der Waals surface area contributed by atoms with E-state index in [4.69, 9.17) is 10.2 Å². The van der Waals surface area contributed by atoms with Gasteiger partial charge in [-0.05, 0) is 17.7 Å². The Kier molecular flexibility index (Phi) is 9.55. The van der Waals surface area contributed by atoms with Gasteiger partial charge in [-0.25, -0.2) is 4.79 Å². The van der Waals surface area contributed by atoms with E-state index in [0.29, 0.717) is 5.57 Å². The second-order valence-corrected chi connectivity index (χ2v) is 6.37. The van der Waals surface area contributed by atoms with Crippen molar-refractivity contribution in [1.82, 2.24) is 10.6 Å². The Balaban J connectivity index is 0.00000392. The van der Waals surface area contributed by atoms with Gasteiger partial charge in [-0.15, -0.1) is 11.8 Å². The number of carbonyl (C=O) groups excluding carboxylic acids is 2. The number of aliphatic carboxylic acids is 2. The van der Waals surface area contributed by atoms with Gasteiger partial charge in [0.2, 0.25) is 5.71 Å². The van der Waals surface area contributed by atoms with Crippen LogP contribution in [0.3, 0.4) is 0 Å². The van der Waals surface area contributed by atoms with Crippen LogP contribution in [0.1, 0.15) is 5.76 Å². The van der Waals surface area contributed by atoms with Gasteiger partial charge in [0.1, 0.15) is 12.5 Å². The van der Waals surface area contributed by atoms with E-state index in [1.165, 1.54) is 25.5 Å².